The molecule has 1 aromatic rings. The van der Waals surface area contributed by atoms with Gasteiger partial charge in [0, 0.05) is 17.5 Å². The molecular formula is C13H22N2OS. The number of rotatable bonds is 4. The lowest BCUT2D eigenvalue weighted by atomic mass is 10.0. The minimum Gasteiger partial charge on any atom is -0.389 e. The molecule has 0 aromatic carbocycles. The Morgan fingerprint density at radius 2 is 2.06 bits per heavy atom. The van der Waals surface area contributed by atoms with E-state index in [9.17, 15) is 5.11 Å². The summed E-state index contributed by atoms with van der Waals surface area (Å²) in [4.78, 5) is 5.83. The molecular weight excluding hydrogens is 232 g/mol. The van der Waals surface area contributed by atoms with Gasteiger partial charge in [0.05, 0.1) is 16.3 Å². The molecule has 1 heterocycles. The van der Waals surface area contributed by atoms with Crippen molar-refractivity contribution in [2.24, 2.45) is 0 Å². The van der Waals surface area contributed by atoms with Crippen LogP contribution in [0.25, 0.3) is 0 Å². The lowest BCUT2D eigenvalue weighted by molar-refractivity contribution is 0.0452. The summed E-state index contributed by atoms with van der Waals surface area (Å²) in [7, 11) is 0. The maximum atomic E-state index is 10.3. The van der Waals surface area contributed by atoms with Gasteiger partial charge >= 0.3 is 0 Å². The minimum absolute atomic E-state index is 0.226. The van der Waals surface area contributed by atoms with E-state index in [-0.39, 0.29) is 6.04 Å². The molecule has 0 amide bonds. The highest BCUT2D eigenvalue weighted by atomic mass is 32.1. The summed E-state index contributed by atoms with van der Waals surface area (Å²) >= 11 is 1.74. The molecule has 1 aliphatic carbocycles. The Morgan fingerprint density at radius 1 is 1.41 bits per heavy atom. The zero-order chi connectivity index (χ0) is 12.5. The number of nitrogens with one attached hydrogen (secondary N) is 1. The maximum absolute atomic E-state index is 10.3. The van der Waals surface area contributed by atoms with E-state index in [1.165, 1.54) is 4.88 Å². The Labute approximate surface area is 107 Å². The molecule has 4 heteroatoms. The van der Waals surface area contributed by atoms with Crippen LogP contribution in [-0.2, 0) is 0 Å². The first-order valence-corrected chi connectivity index (χ1v) is 7.21. The van der Waals surface area contributed by atoms with E-state index in [1.807, 2.05) is 6.92 Å². The first-order valence-electron chi connectivity index (χ1n) is 6.40. The number of nitrogens with zero attached hydrogens (tertiary/aromatic N) is 1. The van der Waals surface area contributed by atoms with Crippen LogP contribution >= 0.6 is 11.3 Å². The van der Waals surface area contributed by atoms with Crippen LogP contribution in [0.5, 0.6) is 0 Å². The number of thiazole rings is 1. The Hall–Kier alpha value is -0.450. The van der Waals surface area contributed by atoms with Crippen molar-refractivity contribution in [3.8, 4) is 0 Å². The number of aryl methyl sites for hydroxylation is 2. The summed E-state index contributed by atoms with van der Waals surface area (Å²) in [5.74, 6) is 0. The van der Waals surface area contributed by atoms with Crippen LogP contribution in [0.4, 0.5) is 0 Å². The van der Waals surface area contributed by atoms with Crippen molar-refractivity contribution in [2.45, 2.75) is 58.1 Å². The molecule has 3 nitrogen and oxygen atoms in total. The topological polar surface area (TPSA) is 45.2 Å². The molecule has 0 aliphatic heterocycles. The summed E-state index contributed by atoms with van der Waals surface area (Å²) < 4.78 is 0. The van der Waals surface area contributed by atoms with E-state index in [1.54, 1.807) is 11.3 Å². The van der Waals surface area contributed by atoms with Gasteiger partial charge < -0.3 is 10.4 Å². The van der Waals surface area contributed by atoms with Crippen molar-refractivity contribution in [2.75, 3.05) is 6.54 Å². The van der Waals surface area contributed by atoms with Crippen LogP contribution in [0, 0.1) is 13.8 Å². The van der Waals surface area contributed by atoms with Crippen LogP contribution in [0.1, 0.15) is 54.2 Å². The third-order valence-electron chi connectivity index (χ3n) is 3.62. The predicted octanol–water partition coefficient (Wildman–Crippen LogP) is 2.72. The quantitative estimate of drug-likeness (QED) is 0.868. The highest BCUT2D eigenvalue weighted by molar-refractivity contribution is 7.11. The summed E-state index contributed by atoms with van der Waals surface area (Å²) in [6.45, 7) is 6.96. The Morgan fingerprint density at radius 3 is 2.59 bits per heavy atom. The predicted molar refractivity (Wildman–Crippen MR) is 71.4 cm³/mol. The van der Waals surface area contributed by atoms with E-state index < -0.39 is 5.60 Å². The van der Waals surface area contributed by atoms with E-state index >= 15 is 0 Å². The monoisotopic (exact) mass is 254 g/mol. The Bertz CT molecular complexity index is 383. The molecule has 1 unspecified atom stereocenters. The van der Waals surface area contributed by atoms with Crippen LogP contribution < -0.4 is 5.32 Å². The first-order chi connectivity index (χ1) is 8.00. The van der Waals surface area contributed by atoms with Gasteiger partial charge in [-0.15, -0.1) is 11.3 Å². The van der Waals surface area contributed by atoms with Crippen molar-refractivity contribution in [1.29, 1.82) is 0 Å². The molecule has 0 saturated heterocycles. The lowest BCUT2D eigenvalue weighted by Gasteiger charge is -2.24. The van der Waals surface area contributed by atoms with E-state index in [0.717, 1.165) is 36.4 Å². The fraction of sp³-hybridized carbons (Fsp3) is 0.769. The lowest BCUT2D eigenvalue weighted by Crippen LogP contribution is -2.39. The fourth-order valence-corrected chi connectivity index (χ4v) is 3.51. The zero-order valence-electron chi connectivity index (χ0n) is 10.9. The Kier molecular flexibility index (Phi) is 3.85. The van der Waals surface area contributed by atoms with E-state index in [0.29, 0.717) is 6.54 Å². The van der Waals surface area contributed by atoms with Gasteiger partial charge in [0.15, 0.2) is 0 Å². The molecule has 1 saturated carbocycles. The van der Waals surface area contributed by atoms with Gasteiger partial charge in [-0.05, 0) is 33.6 Å². The summed E-state index contributed by atoms with van der Waals surface area (Å²) in [5, 5.41) is 14.8. The molecule has 1 aliphatic rings. The van der Waals surface area contributed by atoms with Gasteiger partial charge in [0.25, 0.3) is 0 Å². The van der Waals surface area contributed by atoms with Crippen molar-refractivity contribution in [1.82, 2.24) is 10.3 Å². The molecule has 17 heavy (non-hydrogen) atoms. The SMILES string of the molecule is Cc1nc(C(C)NCC2(O)CCCC2)c(C)s1. The third-order valence-corrected chi connectivity index (χ3v) is 4.52. The molecule has 96 valence electrons. The third kappa shape index (κ3) is 3.06. The normalized spacial score (nSPS) is 20.7. The van der Waals surface area contributed by atoms with E-state index in [4.69, 9.17) is 0 Å². The minimum atomic E-state index is -0.479. The first kappa shape index (κ1) is 13.0. The van der Waals surface area contributed by atoms with Crippen LogP contribution in [0.3, 0.4) is 0 Å². The average molecular weight is 254 g/mol. The van der Waals surface area contributed by atoms with Crippen molar-refractivity contribution < 1.29 is 5.11 Å². The van der Waals surface area contributed by atoms with E-state index in [2.05, 4.69) is 24.1 Å². The van der Waals surface area contributed by atoms with Crippen molar-refractivity contribution in [3.05, 3.63) is 15.6 Å². The maximum Gasteiger partial charge on any atom is 0.0900 e. The van der Waals surface area contributed by atoms with Gasteiger partial charge in [-0.25, -0.2) is 4.98 Å². The van der Waals surface area contributed by atoms with Gasteiger partial charge in [-0.1, -0.05) is 12.8 Å². The molecule has 1 aromatic heterocycles. The highest BCUT2D eigenvalue weighted by Crippen LogP contribution is 2.30. The molecule has 2 N–H and O–H groups in total. The second kappa shape index (κ2) is 5.04. The number of hydrogen-bond donors (Lipinski definition) is 2. The molecule has 2 rings (SSSR count). The second-order valence-corrected chi connectivity index (χ2v) is 6.62. The summed E-state index contributed by atoms with van der Waals surface area (Å²) in [5.41, 5.74) is 0.654. The van der Waals surface area contributed by atoms with Gasteiger partial charge in [-0.2, -0.15) is 0 Å². The molecule has 0 spiro atoms. The zero-order valence-corrected chi connectivity index (χ0v) is 11.7. The molecule has 0 bridgehead atoms. The average Bonchev–Trinajstić information content (AvgIpc) is 2.83. The van der Waals surface area contributed by atoms with Crippen LogP contribution in [0.2, 0.25) is 0 Å². The molecule has 1 atom stereocenters. The van der Waals surface area contributed by atoms with Gasteiger partial charge in [0.2, 0.25) is 0 Å². The molecule has 0 radical (unpaired) electrons. The number of hydrogen-bond acceptors (Lipinski definition) is 4. The van der Waals surface area contributed by atoms with Gasteiger partial charge in [0.1, 0.15) is 0 Å². The van der Waals surface area contributed by atoms with Crippen LogP contribution in [-0.4, -0.2) is 22.2 Å². The van der Waals surface area contributed by atoms with Crippen molar-refractivity contribution in [3.63, 3.8) is 0 Å². The largest absolute Gasteiger partial charge is 0.389 e. The fourth-order valence-electron chi connectivity index (χ4n) is 2.60. The second-order valence-electron chi connectivity index (χ2n) is 5.21. The number of aromatic nitrogens is 1. The molecule has 1 fully saturated rings. The summed E-state index contributed by atoms with van der Waals surface area (Å²) in [6.07, 6.45) is 4.17. The Balaban J connectivity index is 1.93. The highest BCUT2D eigenvalue weighted by Gasteiger charge is 2.31. The number of aliphatic hydroxyl groups is 1. The summed E-state index contributed by atoms with van der Waals surface area (Å²) in [6, 6.07) is 0.226. The standard InChI is InChI=1S/C13H22N2OS/c1-9(12-10(2)17-11(3)15-12)14-8-13(16)6-4-5-7-13/h9,14,16H,4-8H2,1-3H3. The van der Waals surface area contributed by atoms with Crippen LogP contribution in [0.15, 0.2) is 0 Å². The van der Waals surface area contributed by atoms with Gasteiger partial charge in [-0.3, -0.25) is 0 Å². The smallest absolute Gasteiger partial charge is 0.0900 e. The van der Waals surface area contributed by atoms with Crippen molar-refractivity contribution >= 4 is 11.3 Å².